The number of halogens is 1. The van der Waals surface area contributed by atoms with Gasteiger partial charge in [-0.25, -0.2) is 0 Å². The molecule has 1 unspecified atom stereocenters. The van der Waals surface area contributed by atoms with Gasteiger partial charge in [-0.15, -0.1) is 0 Å². The van der Waals surface area contributed by atoms with Crippen LogP contribution in [0.3, 0.4) is 0 Å². The molecule has 0 aromatic heterocycles. The first-order valence-corrected chi connectivity index (χ1v) is 5.07. The smallest absolute Gasteiger partial charge is 0.0675 e. The zero-order valence-corrected chi connectivity index (χ0v) is 8.54. The Hall–Kier alpha value is -1.20. The molecule has 1 aromatic rings. The number of rotatable bonds is 1. The van der Waals surface area contributed by atoms with E-state index in [1.165, 1.54) is 0 Å². The van der Waals surface area contributed by atoms with Gasteiger partial charge in [0.2, 0.25) is 0 Å². The first kappa shape index (κ1) is 9.36. The van der Waals surface area contributed by atoms with Crippen molar-refractivity contribution in [1.82, 2.24) is 0 Å². The molecule has 14 heavy (non-hydrogen) atoms. The molecule has 0 spiro atoms. The summed E-state index contributed by atoms with van der Waals surface area (Å²) in [4.78, 5) is 2.21. The third-order valence-electron chi connectivity index (χ3n) is 2.54. The van der Waals surface area contributed by atoms with E-state index in [9.17, 15) is 0 Å². The van der Waals surface area contributed by atoms with Crippen LogP contribution in [0.2, 0.25) is 5.02 Å². The molecule has 1 aromatic carbocycles. The summed E-state index contributed by atoms with van der Waals surface area (Å²) >= 11 is 5.90. The van der Waals surface area contributed by atoms with E-state index in [4.69, 9.17) is 16.9 Å². The molecule has 1 heterocycles. The molecule has 2 rings (SSSR count). The molecular formula is C11H11ClN2. The topological polar surface area (TPSA) is 27.0 Å². The van der Waals surface area contributed by atoms with Crippen molar-refractivity contribution in [2.45, 2.75) is 6.42 Å². The fourth-order valence-corrected chi connectivity index (χ4v) is 1.96. The number of hydrogen-bond acceptors (Lipinski definition) is 2. The molecule has 0 aliphatic carbocycles. The van der Waals surface area contributed by atoms with Crippen molar-refractivity contribution in [3.05, 3.63) is 29.3 Å². The highest BCUT2D eigenvalue weighted by Gasteiger charge is 2.21. The predicted octanol–water partition coefficient (Wildman–Crippen LogP) is 2.69. The van der Waals surface area contributed by atoms with E-state index >= 15 is 0 Å². The molecule has 1 atom stereocenters. The summed E-state index contributed by atoms with van der Waals surface area (Å²) in [5.41, 5.74) is 1.12. The van der Waals surface area contributed by atoms with Gasteiger partial charge in [0.25, 0.3) is 0 Å². The van der Waals surface area contributed by atoms with E-state index in [0.717, 1.165) is 30.2 Å². The second-order valence-corrected chi connectivity index (χ2v) is 3.98. The van der Waals surface area contributed by atoms with Gasteiger partial charge in [-0.2, -0.15) is 5.26 Å². The summed E-state index contributed by atoms with van der Waals surface area (Å²) in [6.45, 7) is 1.79. The van der Waals surface area contributed by atoms with Crippen LogP contribution in [0.25, 0.3) is 0 Å². The average molecular weight is 207 g/mol. The largest absolute Gasteiger partial charge is 0.370 e. The van der Waals surface area contributed by atoms with Crippen molar-refractivity contribution >= 4 is 17.3 Å². The second kappa shape index (κ2) is 3.89. The molecule has 1 saturated heterocycles. The standard InChI is InChI=1S/C11H11ClN2/c12-10-2-1-3-11(6-10)14-5-4-9(7-13)8-14/h1-3,6,9H,4-5,8H2. The summed E-state index contributed by atoms with van der Waals surface area (Å²) in [7, 11) is 0. The van der Waals surface area contributed by atoms with Gasteiger partial charge in [0.15, 0.2) is 0 Å². The zero-order chi connectivity index (χ0) is 9.97. The summed E-state index contributed by atoms with van der Waals surface area (Å²) in [5, 5.41) is 9.54. The Kier molecular flexibility index (Phi) is 2.60. The number of nitriles is 1. The third-order valence-corrected chi connectivity index (χ3v) is 2.78. The molecule has 2 nitrogen and oxygen atoms in total. The molecule has 0 bridgehead atoms. The highest BCUT2D eigenvalue weighted by atomic mass is 35.5. The maximum absolute atomic E-state index is 8.78. The van der Waals surface area contributed by atoms with E-state index in [1.54, 1.807) is 0 Å². The van der Waals surface area contributed by atoms with E-state index in [1.807, 2.05) is 24.3 Å². The van der Waals surface area contributed by atoms with Crippen molar-refractivity contribution < 1.29 is 0 Å². The lowest BCUT2D eigenvalue weighted by atomic mass is 10.1. The van der Waals surface area contributed by atoms with E-state index in [2.05, 4.69) is 11.0 Å². The molecule has 0 N–H and O–H groups in total. The van der Waals surface area contributed by atoms with Crippen molar-refractivity contribution in [2.75, 3.05) is 18.0 Å². The Morgan fingerprint density at radius 2 is 2.36 bits per heavy atom. The monoisotopic (exact) mass is 206 g/mol. The van der Waals surface area contributed by atoms with Crippen LogP contribution in [0.5, 0.6) is 0 Å². The lowest BCUT2D eigenvalue weighted by Crippen LogP contribution is -2.18. The van der Waals surface area contributed by atoms with Gasteiger partial charge >= 0.3 is 0 Å². The molecule has 0 saturated carbocycles. The Balaban J connectivity index is 2.14. The van der Waals surface area contributed by atoms with Crippen LogP contribution in [-0.4, -0.2) is 13.1 Å². The van der Waals surface area contributed by atoms with Gasteiger partial charge in [0.1, 0.15) is 0 Å². The highest BCUT2D eigenvalue weighted by molar-refractivity contribution is 6.30. The fraction of sp³-hybridized carbons (Fsp3) is 0.364. The lowest BCUT2D eigenvalue weighted by molar-refractivity contribution is 0.755. The Bertz CT molecular complexity index is 370. The third kappa shape index (κ3) is 1.83. The number of anilines is 1. The minimum Gasteiger partial charge on any atom is -0.370 e. The summed E-state index contributed by atoms with van der Waals surface area (Å²) < 4.78 is 0. The Labute approximate surface area is 88.7 Å². The SMILES string of the molecule is N#CC1CCN(c2cccc(Cl)c2)C1. The van der Waals surface area contributed by atoms with Crippen LogP contribution in [0.1, 0.15) is 6.42 Å². The van der Waals surface area contributed by atoms with Crippen LogP contribution in [0.15, 0.2) is 24.3 Å². The zero-order valence-electron chi connectivity index (χ0n) is 7.78. The highest BCUT2D eigenvalue weighted by Crippen LogP contribution is 2.25. The second-order valence-electron chi connectivity index (χ2n) is 3.54. The van der Waals surface area contributed by atoms with Gasteiger partial charge < -0.3 is 4.90 Å². The fourth-order valence-electron chi connectivity index (χ4n) is 1.77. The molecule has 0 radical (unpaired) electrons. The normalized spacial score (nSPS) is 20.9. The number of nitrogens with zero attached hydrogens (tertiary/aromatic N) is 2. The maximum Gasteiger partial charge on any atom is 0.0675 e. The first-order valence-electron chi connectivity index (χ1n) is 4.70. The summed E-state index contributed by atoms with van der Waals surface area (Å²) in [6.07, 6.45) is 0.961. The van der Waals surface area contributed by atoms with E-state index in [-0.39, 0.29) is 5.92 Å². The van der Waals surface area contributed by atoms with Gasteiger partial charge in [-0.05, 0) is 24.6 Å². The minimum atomic E-state index is 0.175. The van der Waals surface area contributed by atoms with Crippen LogP contribution in [0, 0.1) is 17.2 Å². The Morgan fingerprint density at radius 1 is 1.50 bits per heavy atom. The number of hydrogen-bond donors (Lipinski definition) is 0. The summed E-state index contributed by atoms with van der Waals surface area (Å²) in [6, 6.07) is 10.1. The first-order chi connectivity index (χ1) is 6.79. The van der Waals surface area contributed by atoms with Gasteiger partial charge in [0, 0.05) is 23.8 Å². The van der Waals surface area contributed by atoms with E-state index < -0.39 is 0 Å². The van der Waals surface area contributed by atoms with Gasteiger partial charge in [0.05, 0.1) is 12.0 Å². The average Bonchev–Trinajstić information content (AvgIpc) is 2.66. The van der Waals surface area contributed by atoms with Gasteiger partial charge in [-0.3, -0.25) is 0 Å². The van der Waals surface area contributed by atoms with Crippen LogP contribution in [0.4, 0.5) is 5.69 Å². The van der Waals surface area contributed by atoms with Crippen LogP contribution in [-0.2, 0) is 0 Å². The Morgan fingerprint density at radius 3 is 3.00 bits per heavy atom. The molecular weight excluding hydrogens is 196 g/mol. The molecule has 0 amide bonds. The van der Waals surface area contributed by atoms with Crippen molar-refractivity contribution in [3.8, 4) is 6.07 Å². The lowest BCUT2D eigenvalue weighted by Gasteiger charge is -2.17. The maximum atomic E-state index is 8.78. The summed E-state index contributed by atoms with van der Waals surface area (Å²) in [5.74, 6) is 0.175. The number of benzene rings is 1. The van der Waals surface area contributed by atoms with Crippen LogP contribution >= 0.6 is 11.6 Å². The molecule has 1 aliphatic heterocycles. The molecule has 1 fully saturated rings. The molecule has 72 valence electrons. The van der Waals surface area contributed by atoms with Crippen molar-refractivity contribution in [2.24, 2.45) is 5.92 Å². The van der Waals surface area contributed by atoms with Crippen molar-refractivity contribution in [3.63, 3.8) is 0 Å². The molecule has 3 heteroatoms. The van der Waals surface area contributed by atoms with Gasteiger partial charge in [-0.1, -0.05) is 17.7 Å². The quantitative estimate of drug-likeness (QED) is 0.707. The van der Waals surface area contributed by atoms with E-state index in [0.29, 0.717) is 0 Å². The van der Waals surface area contributed by atoms with Crippen molar-refractivity contribution in [1.29, 1.82) is 5.26 Å². The predicted molar refractivity (Wildman–Crippen MR) is 57.4 cm³/mol. The minimum absolute atomic E-state index is 0.175. The van der Waals surface area contributed by atoms with Crippen LogP contribution < -0.4 is 4.90 Å². The molecule has 1 aliphatic rings.